The van der Waals surface area contributed by atoms with Gasteiger partial charge in [0.05, 0.1) is 18.6 Å². The van der Waals surface area contributed by atoms with E-state index in [1.54, 1.807) is 36.6 Å². The summed E-state index contributed by atoms with van der Waals surface area (Å²) in [7, 11) is 0. The molecule has 1 aromatic rings. The van der Waals surface area contributed by atoms with Crippen LogP contribution in [0.25, 0.3) is 0 Å². The number of rotatable bonds is 15. The van der Waals surface area contributed by atoms with Gasteiger partial charge in [-0.15, -0.1) is 0 Å². The predicted molar refractivity (Wildman–Crippen MR) is 130 cm³/mol. The minimum absolute atomic E-state index is 0.0152. The van der Waals surface area contributed by atoms with Gasteiger partial charge in [-0.25, -0.2) is 4.79 Å². The number of primary amides is 1. The molecule has 9 N–H and O–H groups in total. The summed E-state index contributed by atoms with van der Waals surface area (Å²) in [5.74, 6) is -4.08. The van der Waals surface area contributed by atoms with Crippen LogP contribution in [0.3, 0.4) is 0 Å². The summed E-state index contributed by atoms with van der Waals surface area (Å²) in [5.41, 5.74) is 11.4. The second kappa shape index (κ2) is 15.0. The summed E-state index contributed by atoms with van der Waals surface area (Å²) in [6.07, 6.45) is 0.139. The Bertz CT molecular complexity index is 884. The van der Waals surface area contributed by atoms with Crippen molar-refractivity contribution >= 4 is 41.4 Å². The van der Waals surface area contributed by atoms with Crippen LogP contribution in [0.15, 0.2) is 30.3 Å². The first-order valence-electron chi connectivity index (χ1n) is 10.8. The highest BCUT2D eigenvalue weighted by Crippen LogP contribution is 2.07. The normalized spacial score (nSPS) is 15.1. The average Bonchev–Trinajstić information content (AvgIpc) is 2.79. The van der Waals surface area contributed by atoms with Crippen molar-refractivity contribution in [2.45, 2.75) is 56.5 Å². The molecule has 5 atom stereocenters. The molecule has 0 spiro atoms. The summed E-state index contributed by atoms with van der Waals surface area (Å²) in [4.78, 5) is 60.8. The monoisotopic (exact) mass is 511 g/mol. The van der Waals surface area contributed by atoms with Crippen molar-refractivity contribution in [2.75, 3.05) is 12.0 Å². The van der Waals surface area contributed by atoms with Gasteiger partial charge in [-0.2, -0.15) is 11.8 Å². The Hall–Kier alpha value is -3.16. The molecule has 0 heterocycles. The predicted octanol–water partition coefficient (Wildman–Crippen LogP) is -1.90. The lowest BCUT2D eigenvalue weighted by atomic mass is 10.0. The molecule has 0 bridgehead atoms. The number of carbonyl (C=O) groups excluding carboxylic acids is 4. The van der Waals surface area contributed by atoms with Crippen LogP contribution >= 0.6 is 11.8 Å². The number of carboxylic acids is 1. The number of nitrogens with two attached hydrogens (primary N) is 2. The number of carboxylic acid groups (broad SMARTS) is 1. The second-order valence-corrected chi connectivity index (χ2v) is 8.92. The van der Waals surface area contributed by atoms with E-state index in [0.717, 1.165) is 0 Å². The van der Waals surface area contributed by atoms with Gasteiger partial charge in [0.25, 0.3) is 0 Å². The summed E-state index contributed by atoms with van der Waals surface area (Å²) >= 11 is 1.40. The van der Waals surface area contributed by atoms with Crippen molar-refractivity contribution in [3.63, 3.8) is 0 Å². The fourth-order valence-electron chi connectivity index (χ4n) is 3.06. The van der Waals surface area contributed by atoms with Crippen LogP contribution in [-0.4, -0.2) is 82.1 Å². The Morgan fingerprint density at radius 1 is 0.971 bits per heavy atom. The molecule has 0 radical (unpaired) electrons. The van der Waals surface area contributed by atoms with Gasteiger partial charge in [-0.1, -0.05) is 30.3 Å². The van der Waals surface area contributed by atoms with E-state index in [9.17, 15) is 34.2 Å². The minimum atomic E-state index is -1.49. The van der Waals surface area contributed by atoms with E-state index >= 15 is 0 Å². The summed E-state index contributed by atoms with van der Waals surface area (Å²) < 4.78 is 0. The smallest absolute Gasteiger partial charge is 0.326 e. The maximum atomic E-state index is 13.1. The number of hydrogen-bond acceptors (Lipinski definition) is 8. The summed E-state index contributed by atoms with van der Waals surface area (Å²) in [6.45, 7) is 1.26. The molecule has 0 saturated carbocycles. The van der Waals surface area contributed by atoms with E-state index in [1.165, 1.54) is 18.7 Å². The number of thioether (sulfide) groups is 1. The highest BCUT2D eigenvalue weighted by Gasteiger charge is 2.32. The van der Waals surface area contributed by atoms with Crippen molar-refractivity contribution in [1.29, 1.82) is 0 Å². The minimum Gasteiger partial charge on any atom is -0.480 e. The van der Waals surface area contributed by atoms with Gasteiger partial charge in [0, 0.05) is 6.42 Å². The molecule has 4 amide bonds. The third kappa shape index (κ3) is 10.8. The molecule has 0 aromatic heterocycles. The van der Waals surface area contributed by atoms with Crippen molar-refractivity contribution in [2.24, 2.45) is 11.5 Å². The maximum Gasteiger partial charge on any atom is 0.326 e. The van der Waals surface area contributed by atoms with E-state index in [4.69, 9.17) is 11.5 Å². The van der Waals surface area contributed by atoms with E-state index in [0.29, 0.717) is 11.3 Å². The number of carbonyl (C=O) groups is 5. The van der Waals surface area contributed by atoms with Crippen molar-refractivity contribution in [3.05, 3.63) is 35.9 Å². The summed E-state index contributed by atoms with van der Waals surface area (Å²) in [5, 5.41) is 26.6. The Morgan fingerprint density at radius 2 is 1.57 bits per heavy atom. The summed E-state index contributed by atoms with van der Waals surface area (Å²) in [6, 6.07) is 3.47. The zero-order chi connectivity index (χ0) is 26.5. The van der Waals surface area contributed by atoms with Gasteiger partial charge in [0.1, 0.15) is 18.1 Å². The SMILES string of the molecule is CSCCC(NC(=O)C(NC(=O)C(Cc1ccccc1)NC(=O)C(N)CC(N)=O)C(C)O)C(=O)O. The van der Waals surface area contributed by atoms with Gasteiger partial charge < -0.3 is 37.6 Å². The third-order valence-electron chi connectivity index (χ3n) is 4.96. The number of nitrogens with one attached hydrogen (secondary N) is 3. The second-order valence-electron chi connectivity index (χ2n) is 7.94. The lowest BCUT2D eigenvalue weighted by molar-refractivity contribution is -0.143. The first kappa shape index (κ1) is 29.9. The first-order valence-corrected chi connectivity index (χ1v) is 12.2. The zero-order valence-electron chi connectivity index (χ0n) is 19.6. The number of aliphatic hydroxyl groups is 1. The lowest BCUT2D eigenvalue weighted by Crippen LogP contribution is -2.60. The van der Waals surface area contributed by atoms with Crippen molar-refractivity contribution < 1.29 is 34.2 Å². The highest BCUT2D eigenvalue weighted by atomic mass is 32.2. The number of aliphatic hydroxyl groups excluding tert-OH is 1. The van der Waals surface area contributed by atoms with Crippen LogP contribution < -0.4 is 27.4 Å². The maximum absolute atomic E-state index is 13.1. The van der Waals surface area contributed by atoms with Crippen LogP contribution in [0, 0.1) is 0 Å². The molecule has 35 heavy (non-hydrogen) atoms. The third-order valence-corrected chi connectivity index (χ3v) is 5.61. The van der Waals surface area contributed by atoms with Crippen LogP contribution in [0.5, 0.6) is 0 Å². The number of amides is 4. The number of aliphatic carboxylic acids is 1. The standard InChI is InChI=1S/C22H33N5O7S/c1-12(28)18(21(32)25-15(22(33)34)8-9-35-2)27-20(31)16(10-13-6-4-3-5-7-13)26-19(30)14(23)11-17(24)29/h3-7,12,14-16,18,28H,8-11,23H2,1-2H3,(H2,24,29)(H,25,32)(H,26,30)(H,27,31)(H,33,34). The molecule has 0 aliphatic rings. The van der Waals surface area contributed by atoms with Crippen molar-refractivity contribution in [3.8, 4) is 0 Å². The Labute approximate surface area is 207 Å². The Balaban J connectivity index is 3.05. The molecule has 12 nitrogen and oxygen atoms in total. The molecule has 0 aliphatic heterocycles. The fraction of sp³-hybridized carbons (Fsp3) is 0.500. The topological polar surface area (TPSA) is 214 Å². The lowest BCUT2D eigenvalue weighted by Gasteiger charge is -2.26. The van der Waals surface area contributed by atoms with Crippen LogP contribution in [0.2, 0.25) is 0 Å². The van der Waals surface area contributed by atoms with E-state index in [-0.39, 0.29) is 12.8 Å². The first-order chi connectivity index (χ1) is 16.5. The molecule has 194 valence electrons. The Kier molecular flexibility index (Phi) is 12.8. The molecule has 1 rings (SSSR count). The number of benzene rings is 1. The average molecular weight is 512 g/mol. The molecule has 5 unspecified atom stereocenters. The molecular weight excluding hydrogens is 478 g/mol. The quantitative estimate of drug-likeness (QED) is 0.140. The van der Waals surface area contributed by atoms with E-state index in [1.807, 2.05) is 0 Å². The Morgan fingerprint density at radius 3 is 2.09 bits per heavy atom. The molecule has 0 fully saturated rings. The van der Waals surface area contributed by atoms with E-state index < -0.39 is 66.3 Å². The molecule has 0 saturated heterocycles. The van der Waals surface area contributed by atoms with Gasteiger partial charge in [-0.3, -0.25) is 19.2 Å². The zero-order valence-corrected chi connectivity index (χ0v) is 20.4. The van der Waals surface area contributed by atoms with Crippen LogP contribution in [-0.2, 0) is 30.4 Å². The fourth-order valence-corrected chi connectivity index (χ4v) is 3.53. The number of hydrogen-bond donors (Lipinski definition) is 7. The molecular formula is C22H33N5O7S. The molecule has 13 heteroatoms. The van der Waals surface area contributed by atoms with E-state index in [2.05, 4.69) is 16.0 Å². The molecule has 0 aliphatic carbocycles. The van der Waals surface area contributed by atoms with Crippen LogP contribution in [0.4, 0.5) is 0 Å². The molecule has 1 aromatic carbocycles. The van der Waals surface area contributed by atoms with Gasteiger partial charge in [0.2, 0.25) is 23.6 Å². The van der Waals surface area contributed by atoms with Gasteiger partial charge in [-0.05, 0) is 30.9 Å². The van der Waals surface area contributed by atoms with Gasteiger partial charge in [0.15, 0.2) is 0 Å². The van der Waals surface area contributed by atoms with Crippen LogP contribution in [0.1, 0.15) is 25.3 Å². The largest absolute Gasteiger partial charge is 0.480 e. The van der Waals surface area contributed by atoms with Gasteiger partial charge >= 0.3 is 5.97 Å². The van der Waals surface area contributed by atoms with Crippen molar-refractivity contribution in [1.82, 2.24) is 16.0 Å². The highest BCUT2D eigenvalue weighted by molar-refractivity contribution is 7.98.